The van der Waals surface area contributed by atoms with Crippen molar-refractivity contribution < 1.29 is 19.1 Å². The highest BCUT2D eigenvalue weighted by Gasteiger charge is 2.16. The van der Waals surface area contributed by atoms with Crippen LogP contribution in [-0.4, -0.2) is 46.9 Å². The standard InChI is InChI=1S/C19H22N2O4/c1-20(2)16-11-7-5-9-14(16)18(22)24-13-25-19(23)15-10-6-8-12-17(15)21(3)4/h5-12H,13H2,1-4H3. The number of hydrogen-bond donors (Lipinski definition) is 0. The largest absolute Gasteiger partial charge is 0.424 e. The average molecular weight is 342 g/mol. The second-order valence-electron chi connectivity index (χ2n) is 5.80. The topological polar surface area (TPSA) is 59.1 Å². The van der Waals surface area contributed by atoms with Crippen molar-refractivity contribution in [2.75, 3.05) is 44.8 Å². The number of hydrogen-bond acceptors (Lipinski definition) is 6. The van der Waals surface area contributed by atoms with Crippen molar-refractivity contribution in [2.45, 2.75) is 0 Å². The van der Waals surface area contributed by atoms with Gasteiger partial charge >= 0.3 is 11.9 Å². The van der Waals surface area contributed by atoms with E-state index >= 15 is 0 Å². The molecule has 0 fully saturated rings. The molecule has 132 valence electrons. The molecule has 2 aromatic rings. The molecule has 0 heterocycles. The lowest BCUT2D eigenvalue weighted by molar-refractivity contribution is -0.0166. The molecule has 0 aliphatic carbocycles. The smallest absolute Gasteiger partial charge is 0.343 e. The van der Waals surface area contributed by atoms with E-state index in [-0.39, 0.29) is 0 Å². The summed E-state index contributed by atoms with van der Waals surface area (Å²) in [5.41, 5.74) is 2.29. The molecule has 0 radical (unpaired) electrons. The highest BCUT2D eigenvalue weighted by atomic mass is 16.7. The molecule has 0 aliphatic rings. The second kappa shape index (κ2) is 8.19. The van der Waals surface area contributed by atoms with Crippen LogP contribution in [0.2, 0.25) is 0 Å². The van der Waals surface area contributed by atoms with Gasteiger partial charge in [-0.3, -0.25) is 0 Å². The first kappa shape index (κ1) is 18.3. The van der Waals surface area contributed by atoms with Crippen molar-refractivity contribution >= 4 is 23.3 Å². The van der Waals surface area contributed by atoms with Crippen LogP contribution in [-0.2, 0) is 9.47 Å². The first-order chi connectivity index (χ1) is 11.9. The van der Waals surface area contributed by atoms with Gasteiger partial charge in [-0.1, -0.05) is 24.3 Å². The summed E-state index contributed by atoms with van der Waals surface area (Å²) in [7, 11) is 7.35. The lowest BCUT2D eigenvalue weighted by Gasteiger charge is -2.17. The minimum Gasteiger partial charge on any atom is -0.424 e. The normalized spacial score (nSPS) is 10.1. The fourth-order valence-corrected chi connectivity index (χ4v) is 2.36. The van der Waals surface area contributed by atoms with Gasteiger partial charge in [-0.05, 0) is 24.3 Å². The van der Waals surface area contributed by atoms with Crippen LogP contribution in [0.25, 0.3) is 0 Å². The Morgan fingerprint density at radius 1 is 0.720 bits per heavy atom. The van der Waals surface area contributed by atoms with E-state index in [9.17, 15) is 9.59 Å². The maximum atomic E-state index is 12.2. The summed E-state index contributed by atoms with van der Waals surface area (Å²) in [4.78, 5) is 28.1. The van der Waals surface area contributed by atoms with Gasteiger partial charge in [-0.25, -0.2) is 9.59 Å². The van der Waals surface area contributed by atoms with Crippen molar-refractivity contribution in [1.82, 2.24) is 0 Å². The number of anilines is 2. The summed E-state index contributed by atoms with van der Waals surface area (Å²) in [6.45, 7) is -0.443. The third-order valence-electron chi connectivity index (χ3n) is 3.59. The molecule has 6 nitrogen and oxygen atoms in total. The number of rotatable bonds is 6. The van der Waals surface area contributed by atoms with Crippen LogP contribution in [0, 0.1) is 0 Å². The molecule has 0 N–H and O–H groups in total. The van der Waals surface area contributed by atoms with Gasteiger partial charge in [-0.2, -0.15) is 0 Å². The summed E-state index contributed by atoms with van der Waals surface area (Å²) < 4.78 is 10.2. The summed E-state index contributed by atoms with van der Waals surface area (Å²) in [6, 6.07) is 14.1. The highest BCUT2D eigenvalue weighted by Crippen LogP contribution is 2.20. The molecule has 0 amide bonds. The molecule has 0 atom stereocenters. The van der Waals surface area contributed by atoms with Crippen molar-refractivity contribution in [3.8, 4) is 0 Å². The molecule has 0 saturated carbocycles. The van der Waals surface area contributed by atoms with Crippen LogP contribution in [0.5, 0.6) is 0 Å². The van der Waals surface area contributed by atoms with Gasteiger partial charge in [0.2, 0.25) is 6.79 Å². The minimum atomic E-state index is -0.544. The number of nitrogens with zero attached hydrogens (tertiary/aromatic N) is 2. The third-order valence-corrected chi connectivity index (χ3v) is 3.59. The first-order valence-corrected chi connectivity index (χ1v) is 7.78. The molecule has 0 unspecified atom stereocenters. The Balaban J connectivity index is 2.00. The molecule has 2 rings (SSSR count). The van der Waals surface area contributed by atoms with Crippen LogP contribution >= 0.6 is 0 Å². The van der Waals surface area contributed by atoms with E-state index in [1.807, 2.05) is 62.3 Å². The molecule has 0 aliphatic heterocycles. The molecular weight excluding hydrogens is 320 g/mol. The van der Waals surface area contributed by atoms with E-state index < -0.39 is 18.7 Å². The maximum Gasteiger partial charge on any atom is 0.343 e. The molecule has 2 aromatic carbocycles. The van der Waals surface area contributed by atoms with E-state index in [1.54, 1.807) is 24.3 Å². The molecule has 0 bridgehead atoms. The van der Waals surface area contributed by atoms with Gasteiger partial charge in [0, 0.05) is 28.2 Å². The number of esters is 2. The zero-order valence-corrected chi connectivity index (χ0v) is 14.9. The van der Waals surface area contributed by atoms with E-state index in [4.69, 9.17) is 9.47 Å². The van der Waals surface area contributed by atoms with Gasteiger partial charge in [0.1, 0.15) is 0 Å². The zero-order valence-electron chi connectivity index (χ0n) is 14.9. The Labute approximate surface area is 147 Å². The van der Waals surface area contributed by atoms with Crippen LogP contribution in [0.1, 0.15) is 20.7 Å². The average Bonchev–Trinajstić information content (AvgIpc) is 2.61. The molecule has 0 saturated heterocycles. The molecular formula is C19H22N2O4. The fourth-order valence-electron chi connectivity index (χ4n) is 2.36. The molecule has 0 spiro atoms. The SMILES string of the molecule is CN(C)c1ccccc1C(=O)OCOC(=O)c1ccccc1N(C)C. The number of ether oxygens (including phenoxy) is 2. The van der Waals surface area contributed by atoms with Crippen LogP contribution in [0.3, 0.4) is 0 Å². The quantitative estimate of drug-likeness (QED) is 0.594. The predicted octanol–water partition coefficient (Wildman–Crippen LogP) is 2.79. The molecule has 6 heteroatoms. The predicted molar refractivity (Wildman–Crippen MR) is 97.2 cm³/mol. The Morgan fingerprint density at radius 3 is 1.44 bits per heavy atom. The number of benzene rings is 2. The number of carbonyl (C=O) groups is 2. The van der Waals surface area contributed by atoms with Crippen LogP contribution in [0.15, 0.2) is 48.5 Å². The van der Waals surface area contributed by atoms with Gasteiger partial charge < -0.3 is 19.3 Å². The monoisotopic (exact) mass is 342 g/mol. The van der Waals surface area contributed by atoms with Gasteiger partial charge in [0.15, 0.2) is 0 Å². The van der Waals surface area contributed by atoms with Gasteiger partial charge in [0.25, 0.3) is 0 Å². The zero-order chi connectivity index (χ0) is 18.4. The third kappa shape index (κ3) is 4.50. The lowest BCUT2D eigenvalue weighted by atomic mass is 10.1. The lowest BCUT2D eigenvalue weighted by Crippen LogP contribution is -2.19. The Bertz CT molecular complexity index is 693. The maximum absolute atomic E-state index is 12.2. The van der Waals surface area contributed by atoms with E-state index in [0.717, 1.165) is 11.4 Å². The van der Waals surface area contributed by atoms with Crippen molar-refractivity contribution in [1.29, 1.82) is 0 Å². The number of carbonyl (C=O) groups excluding carboxylic acids is 2. The summed E-state index contributed by atoms with van der Waals surface area (Å²) >= 11 is 0. The number of para-hydroxylation sites is 2. The van der Waals surface area contributed by atoms with Crippen molar-refractivity contribution in [3.05, 3.63) is 59.7 Å². The van der Waals surface area contributed by atoms with E-state index in [0.29, 0.717) is 11.1 Å². The Kier molecular flexibility index (Phi) is 6.00. The Hall–Kier alpha value is -3.02. The Morgan fingerprint density at radius 2 is 1.08 bits per heavy atom. The van der Waals surface area contributed by atoms with Crippen molar-refractivity contribution in [3.63, 3.8) is 0 Å². The summed E-state index contributed by atoms with van der Waals surface area (Å²) in [5.74, 6) is -1.09. The second-order valence-corrected chi connectivity index (χ2v) is 5.80. The highest BCUT2D eigenvalue weighted by molar-refractivity contribution is 5.97. The molecule has 25 heavy (non-hydrogen) atoms. The van der Waals surface area contributed by atoms with Crippen LogP contribution < -0.4 is 9.80 Å². The summed E-state index contributed by atoms with van der Waals surface area (Å²) in [6.07, 6.45) is 0. The van der Waals surface area contributed by atoms with E-state index in [1.165, 1.54) is 0 Å². The van der Waals surface area contributed by atoms with Crippen molar-refractivity contribution in [2.24, 2.45) is 0 Å². The van der Waals surface area contributed by atoms with Gasteiger partial charge in [0.05, 0.1) is 22.5 Å². The minimum absolute atomic E-state index is 0.414. The van der Waals surface area contributed by atoms with E-state index in [2.05, 4.69) is 0 Å². The first-order valence-electron chi connectivity index (χ1n) is 7.78. The fraction of sp³-hybridized carbons (Fsp3) is 0.263. The summed E-state index contributed by atoms with van der Waals surface area (Å²) in [5, 5.41) is 0. The van der Waals surface area contributed by atoms with Crippen LogP contribution in [0.4, 0.5) is 11.4 Å². The van der Waals surface area contributed by atoms with Gasteiger partial charge in [-0.15, -0.1) is 0 Å². The molecule has 0 aromatic heterocycles.